The van der Waals surface area contributed by atoms with Gasteiger partial charge >= 0.3 is 6.09 Å². The molecule has 0 aromatic heterocycles. The molecule has 0 aliphatic heterocycles. The Labute approximate surface area is 155 Å². The minimum Gasteiger partial charge on any atom is -0.444 e. The average Bonchev–Trinajstić information content (AvgIpc) is 2.43. The van der Waals surface area contributed by atoms with Crippen molar-refractivity contribution >= 4 is 43.6 Å². The van der Waals surface area contributed by atoms with Gasteiger partial charge in [0.25, 0.3) is 0 Å². The molecule has 0 unspecified atom stereocenters. The maximum absolute atomic E-state index is 11.8. The number of nitrogens with one attached hydrogen (secondary N) is 2. The third-order valence-electron chi connectivity index (χ3n) is 3.76. The van der Waals surface area contributed by atoms with Crippen LogP contribution in [-0.4, -0.2) is 23.8 Å². The van der Waals surface area contributed by atoms with Crippen LogP contribution in [0.4, 0.5) is 10.5 Å². The van der Waals surface area contributed by atoms with Gasteiger partial charge in [-0.05, 0) is 90.4 Å². The van der Waals surface area contributed by atoms with Gasteiger partial charge in [-0.2, -0.15) is 0 Å². The van der Waals surface area contributed by atoms with Crippen LogP contribution < -0.4 is 10.6 Å². The Morgan fingerprint density at radius 1 is 1.09 bits per heavy atom. The van der Waals surface area contributed by atoms with Gasteiger partial charge in [0, 0.05) is 21.0 Å². The van der Waals surface area contributed by atoms with E-state index in [1.54, 1.807) is 0 Å². The fourth-order valence-electron chi connectivity index (χ4n) is 2.70. The molecule has 4 nitrogen and oxygen atoms in total. The molecule has 1 amide bonds. The van der Waals surface area contributed by atoms with Gasteiger partial charge in [-0.25, -0.2) is 4.79 Å². The monoisotopic (exact) mass is 446 g/mol. The van der Waals surface area contributed by atoms with Crippen LogP contribution in [-0.2, 0) is 4.74 Å². The molecular weight excluding hydrogens is 424 g/mol. The number of carbonyl (C=O) groups is 1. The molecule has 1 saturated carbocycles. The highest BCUT2D eigenvalue weighted by atomic mass is 79.9. The van der Waals surface area contributed by atoms with Gasteiger partial charge in [-0.1, -0.05) is 6.07 Å². The van der Waals surface area contributed by atoms with E-state index in [0.717, 1.165) is 40.3 Å². The minimum absolute atomic E-state index is 0.200. The Hall–Kier alpha value is -0.750. The van der Waals surface area contributed by atoms with Gasteiger partial charge in [-0.3, -0.25) is 0 Å². The molecule has 0 atom stereocenters. The number of hydrogen-bond acceptors (Lipinski definition) is 3. The van der Waals surface area contributed by atoms with Crippen LogP contribution in [0.5, 0.6) is 0 Å². The van der Waals surface area contributed by atoms with Crippen molar-refractivity contribution in [2.75, 3.05) is 5.32 Å². The lowest BCUT2D eigenvalue weighted by Gasteiger charge is -2.31. The zero-order chi connectivity index (χ0) is 17.0. The molecule has 1 aliphatic carbocycles. The lowest BCUT2D eigenvalue weighted by Crippen LogP contribution is -2.42. The normalized spacial score (nSPS) is 21.6. The van der Waals surface area contributed by atoms with Gasteiger partial charge in [-0.15, -0.1) is 0 Å². The number of carbonyl (C=O) groups excluding carboxylic acids is 1. The van der Waals surface area contributed by atoms with E-state index in [1.165, 1.54) is 0 Å². The number of halogens is 2. The van der Waals surface area contributed by atoms with Crippen molar-refractivity contribution in [2.24, 2.45) is 0 Å². The summed E-state index contributed by atoms with van der Waals surface area (Å²) >= 11 is 7.16. The molecular formula is C17H24Br2N2O2. The van der Waals surface area contributed by atoms with Crippen LogP contribution in [0.2, 0.25) is 0 Å². The van der Waals surface area contributed by atoms with Crippen molar-refractivity contribution in [1.29, 1.82) is 0 Å². The first-order valence-corrected chi connectivity index (χ1v) is 9.53. The van der Waals surface area contributed by atoms with E-state index in [1.807, 2.05) is 39.0 Å². The quantitative estimate of drug-likeness (QED) is 0.646. The molecule has 2 N–H and O–H groups in total. The fourth-order valence-corrected chi connectivity index (χ4v) is 3.92. The lowest BCUT2D eigenvalue weighted by molar-refractivity contribution is 0.0492. The largest absolute Gasteiger partial charge is 0.444 e. The van der Waals surface area contributed by atoms with Crippen LogP contribution >= 0.6 is 31.9 Å². The summed E-state index contributed by atoms with van der Waals surface area (Å²) in [5.74, 6) is 0. The molecule has 23 heavy (non-hydrogen) atoms. The van der Waals surface area contributed by atoms with E-state index in [9.17, 15) is 4.79 Å². The predicted octanol–water partition coefficient (Wildman–Crippen LogP) is 5.46. The lowest BCUT2D eigenvalue weighted by atomic mass is 9.91. The number of rotatable bonds is 3. The summed E-state index contributed by atoms with van der Waals surface area (Å²) in [5.41, 5.74) is 0.644. The predicted molar refractivity (Wildman–Crippen MR) is 101 cm³/mol. The summed E-state index contributed by atoms with van der Waals surface area (Å²) in [6.45, 7) is 5.63. The van der Waals surface area contributed by atoms with Gasteiger partial charge in [0.2, 0.25) is 0 Å². The highest BCUT2D eigenvalue weighted by Crippen LogP contribution is 2.33. The Morgan fingerprint density at radius 3 is 2.13 bits per heavy atom. The topological polar surface area (TPSA) is 50.4 Å². The number of alkyl carbamates (subject to hydrolysis) is 1. The van der Waals surface area contributed by atoms with Gasteiger partial charge in [0.15, 0.2) is 0 Å². The number of hydrogen-bond donors (Lipinski definition) is 2. The van der Waals surface area contributed by atoms with Crippen molar-refractivity contribution < 1.29 is 9.53 Å². The van der Waals surface area contributed by atoms with E-state index in [2.05, 4.69) is 42.5 Å². The fraction of sp³-hybridized carbons (Fsp3) is 0.588. The van der Waals surface area contributed by atoms with Crippen molar-refractivity contribution in [3.8, 4) is 0 Å². The van der Waals surface area contributed by atoms with Crippen LogP contribution in [0.1, 0.15) is 46.5 Å². The second-order valence-electron chi connectivity index (χ2n) is 6.94. The van der Waals surface area contributed by atoms with Crippen LogP contribution in [0, 0.1) is 0 Å². The number of amides is 1. The first kappa shape index (κ1) is 18.6. The number of benzene rings is 1. The molecule has 128 valence electrons. The van der Waals surface area contributed by atoms with E-state index in [0.29, 0.717) is 6.04 Å². The molecule has 1 fully saturated rings. The standard InChI is InChI=1S/C17H24Br2N2O2/c1-17(2,3)23-16(22)21-12-9-7-11(8-10-12)20-15-13(18)5-4-6-14(15)19/h4-6,11-12,20H,7-10H2,1-3H3,(H,21,22). The maximum Gasteiger partial charge on any atom is 0.407 e. The molecule has 6 heteroatoms. The van der Waals surface area contributed by atoms with Gasteiger partial charge < -0.3 is 15.4 Å². The molecule has 2 rings (SSSR count). The summed E-state index contributed by atoms with van der Waals surface area (Å²) in [4.78, 5) is 11.8. The van der Waals surface area contributed by atoms with Crippen molar-refractivity contribution in [1.82, 2.24) is 5.32 Å². The average molecular weight is 448 g/mol. The highest BCUT2D eigenvalue weighted by molar-refractivity contribution is 9.11. The first-order chi connectivity index (χ1) is 10.7. The molecule has 0 saturated heterocycles. The van der Waals surface area contributed by atoms with E-state index in [-0.39, 0.29) is 12.1 Å². The Bertz CT molecular complexity index is 530. The minimum atomic E-state index is -0.450. The Balaban J connectivity index is 1.81. The summed E-state index contributed by atoms with van der Waals surface area (Å²) < 4.78 is 7.43. The summed E-state index contributed by atoms with van der Waals surface area (Å²) in [6.07, 6.45) is 3.64. The number of para-hydroxylation sites is 1. The van der Waals surface area contributed by atoms with Crippen molar-refractivity contribution in [3.05, 3.63) is 27.1 Å². The SMILES string of the molecule is CC(C)(C)OC(=O)NC1CCC(Nc2c(Br)cccc2Br)CC1. The first-order valence-electron chi connectivity index (χ1n) is 7.94. The second-order valence-corrected chi connectivity index (χ2v) is 8.64. The van der Waals surface area contributed by atoms with Crippen LogP contribution in [0.15, 0.2) is 27.1 Å². The summed E-state index contributed by atoms with van der Waals surface area (Å²) in [6, 6.07) is 6.68. The molecule has 0 spiro atoms. The van der Waals surface area contributed by atoms with Gasteiger partial charge in [0.1, 0.15) is 5.60 Å². The smallest absolute Gasteiger partial charge is 0.407 e. The molecule has 1 aromatic carbocycles. The van der Waals surface area contributed by atoms with Crippen LogP contribution in [0.3, 0.4) is 0 Å². The van der Waals surface area contributed by atoms with E-state index >= 15 is 0 Å². The maximum atomic E-state index is 11.8. The third-order valence-corrected chi connectivity index (χ3v) is 5.08. The second kappa shape index (κ2) is 7.88. The summed E-state index contributed by atoms with van der Waals surface area (Å²) in [5, 5.41) is 6.57. The summed E-state index contributed by atoms with van der Waals surface area (Å²) in [7, 11) is 0. The third kappa shape index (κ3) is 5.99. The van der Waals surface area contributed by atoms with E-state index in [4.69, 9.17) is 4.74 Å². The molecule has 1 aliphatic rings. The Morgan fingerprint density at radius 2 is 1.61 bits per heavy atom. The Kier molecular flexibility index (Phi) is 6.37. The number of anilines is 1. The zero-order valence-electron chi connectivity index (χ0n) is 13.8. The number of ether oxygens (including phenoxy) is 1. The van der Waals surface area contributed by atoms with Crippen molar-refractivity contribution in [3.63, 3.8) is 0 Å². The van der Waals surface area contributed by atoms with Gasteiger partial charge in [0.05, 0.1) is 5.69 Å². The molecule has 1 aromatic rings. The van der Waals surface area contributed by atoms with Crippen molar-refractivity contribution in [2.45, 2.75) is 64.1 Å². The molecule has 0 heterocycles. The van der Waals surface area contributed by atoms with Crippen LogP contribution in [0.25, 0.3) is 0 Å². The molecule has 0 bridgehead atoms. The zero-order valence-corrected chi connectivity index (χ0v) is 17.0. The highest BCUT2D eigenvalue weighted by Gasteiger charge is 2.25. The van der Waals surface area contributed by atoms with E-state index < -0.39 is 5.60 Å². The molecule has 0 radical (unpaired) electrons.